The molecule has 2 aromatic rings. The number of nitrogens with one attached hydrogen (secondary N) is 1. The van der Waals surface area contributed by atoms with E-state index in [9.17, 15) is 0 Å². The molecule has 0 unspecified atom stereocenters. The second-order valence-corrected chi connectivity index (χ2v) is 4.88. The standard InChI is InChI=1S/C13H18N4/c1-17-9-5-8-11(17)13-14-12(15-16-13)10-6-3-2-4-7-10/h5,8-10H,2-4,6-7H2,1H3,(H,14,15,16). The number of hydrogen-bond donors (Lipinski definition) is 1. The fraction of sp³-hybridized carbons (Fsp3) is 0.538. The second-order valence-electron chi connectivity index (χ2n) is 4.88. The molecule has 0 saturated heterocycles. The molecule has 90 valence electrons. The van der Waals surface area contributed by atoms with Gasteiger partial charge in [-0.2, -0.15) is 5.10 Å². The zero-order chi connectivity index (χ0) is 11.7. The number of H-pyrrole nitrogens is 1. The quantitative estimate of drug-likeness (QED) is 0.862. The summed E-state index contributed by atoms with van der Waals surface area (Å²) in [6.07, 6.45) is 8.54. The van der Waals surface area contributed by atoms with Crippen molar-refractivity contribution in [2.45, 2.75) is 38.0 Å². The van der Waals surface area contributed by atoms with Crippen LogP contribution in [-0.4, -0.2) is 19.7 Å². The maximum Gasteiger partial charge on any atom is 0.197 e. The Labute approximate surface area is 101 Å². The predicted molar refractivity (Wildman–Crippen MR) is 66.6 cm³/mol. The van der Waals surface area contributed by atoms with Crippen molar-refractivity contribution in [1.29, 1.82) is 0 Å². The second kappa shape index (κ2) is 4.35. The number of rotatable bonds is 2. The van der Waals surface area contributed by atoms with Crippen LogP contribution in [0.25, 0.3) is 11.5 Å². The lowest BCUT2D eigenvalue weighted by molar-refractivity contribution is 0.429. The Kier molecular flexibility index (Phi) is 2.71. The van der Waals surface area contributed by atoms with Gasteiger partial charge in [-0.15, -0.1) is 0 Å². The maximum atomic E-state index is 4.65. The van der Waals surface area contributed by atoms with Crippen molar-refractivity contribution in [2.24, 2.45) is 7.05 Å². The highest BCUT2D eigenvalue weighted by atomic mass is 15.2. The van der Waals surface area contributed by atoms with Crippen LogP contribution in [-0.2, 0) is 7.05 Å². The van der Waals surface area contributed by atoms with E-state index in [1.54, 1.807) is 0 Å². The first-order valence-electron chi connectivity index (χ1n) is 6.38. The van der Waals surface area contributed by atoms with Gasteiger partial charge < -0.3 is 4.57 Å². The minimum absolute atomic E-state index is 0.588. The van der Waals surface area contributed by atoms with Crippen LogP contribution < -0.4 is 0 Å². The van der Waals surface area contributed by atoms with Crippen LogP contribution in [0.1, 0.15) is 43.8 Å². The Morgan fingerprint density at radius 1 is 1.29 bits per heavy atom. The van der Waals surface area contributed by atoms with Gasteiger partial charge in [-0.1, -0.05) is 19.3 Å². The van der Waals surface area contributed by atoms with Gasteiger partial charge in [0.25, 0.3) is 0 Å². The molecule has 0 atom stereocenters. The van der Waals surface area contributed by atoms with Crippen LogP contribution in [0, 0.1) is 0 Å². The van der Waals surface area contributed by atoms with E-state index in [1.165, 1.54) is 32.1 Å². The van der Waals surface area contributed by atoms with Crippen LogP contribution in [0.3, 0.4) is 0 Å². The molecule has 2 heterocycles. The Morgan fingerprint density at radius 3 is 2.82 bits per heavy atom. The monoisotopic (exact) mass is 230 g/mol. The van der Waals surface area contributed by atoms with E-state index >= 15 is 0 Å². The van der Waals surface area contributed by atoms with E-state index in [0.717, 1.165) is 17.3 Å². The van der Waals surface area contributed by atoms with Gasteiger partial charge in [-0.3, -0.25) is 5.10 Å². The molecule has 2 aromatic heterocycles. The van der Waals surface area contributed by atoms with Crippen LogP contribution in [0.4, 0.5) is 0 Å². The summed E-state index contributed by atoms with van der Waals surface area (Å²) in [5.41, 5.74) is 1.07. The number of aromatic nitrogens is 4. The summed E-state index contributed by atoms with van der Waals surface area (Å²) >= 11 is 0. The average Bonchev–Trinajstić information content (AvgIpc) is 2.98. The Hall–Kier alpha value is -1.58. The Bertz CT molecular complexity index is 491. The highest BCUT2D eigenvalue weighted by Gasteiger charge is 2.19. The molecule has 0 amide bonds. The van der Waals surface area contributed by atoms with Gasteiger partial charge in [0.2, 0.25) is 0 Å². The first kappa shape index (κ1) is 10.6. The number of hydrogen-bond acceptors (Lipinski definition) is 2. The van der Waals surface area contributed by atoms with Gasteiger partial charge in [0, 0.05) is 19.2 Å². The molecule has 1 aliphatic carbocycles. The Morgan fingerprint density at radius 2 is 2.12 bits per heavy atom. The van der Waals surface area contributed by atoms with Gasteiger partial charge in [-0.25, -0.2) is 4.98 Å². The van der Waals surface area contributed by atoms with Gasteiger partial charge in [0.05, 0.1) is 5.69 Å². The lowest BCUT2D eigenvalue weighted by atomic mass is 9.89. The number of aromatic amines is 1. The summed E-state index contributed by atoms with van der Waals surface area (Å²) < 4.78 is 2.05. The molecule has 0 aliphatic heterocycles. The predicted octanol–water partition coefficient (Wildman–Crippen LogP) is 2.86. The third kappa shape index (κ3) is 1.99. The maximum absolute atomic E-state index is 4.65. The highest BCUT2D eigenvalue weighted by molar-refractivity contribution is 5.49. The molecular formula is C13H18N4. The molecule has 4 nitrogen and oxygen atoms in total. The highest BCUT2D eigenvalue weighted by Crippen LogP contribution is 2.31. The lowest BCUT2D eigenvalue weighted by Crippen LogP contribution is -2.06. The van der Waals surface area contributed by atoms with Crippen molar-refractivity contribution in [2.75, 3.05) is 0 Å². The van der Waals surface area contributed by atoms with E-state index in [1.807, 2.05) is 29.9 Å². The van der Waals surface area contributed by atoms with Gasteiger partial charge in [-0.05, 0) is 25.0 Å². The van der Waals surface area contributed by atoms with Crippen molar-refractivity contribution in [1.82, 2.24) is 19.7 Å². The molecule has 0 aromatic carbocycles. The minimum Gasteiger partial charge on any atom is -0.348 e. The molecule has 0 spiro atoms. The van der Waals surface area contributed by atoms with Crippen molar-refractivity contribution < 1.29 is 0 Å². The zero-order valence-corrected chi connectivity index (χ0v) is 10.2. The van der Waals surface area contributed by atoms with E-state index in [4.69, 9.17) is 0 Å². The molecule has 1 N–H and O–H groups in total. The van der Waals surface area contributed by atoms with E-state index in [2.05, 4.69) is 15.2 Å². The molecule has 17 heavy (non-hydrogen) atoms. The molecule has 1 saturated carbocycles. The van der Waals surface area contributed by atoms with Crippen LogP contribution in [0.5, 0.6) is 0 Å². The van der Waals surface area contributed by atoms with Gasteiger partial charge >= 0.3 is 0 Å². The summed E-state index contributed by atoms with van der Waals surface area (Å²) in [4.78, 5) is 4.65. The van der Waals surface area contributed by atoms with Crippen LogP contribution in [0.2, 0.25) is 0 Å². The first-order chi connectivity index (χ1) is 8.34. The van der Waals surface area contributed by atoms with Crippen LogP contribution in [0.15, 0.2) is 18.3 Å². The van der Waals surface area contributed by atoms with E-state index in [-0.39, 0.29) is 0 Å². The fourth-order valence-electron chi connectivity index (χ4n) is 2.64. The van der Waals surface area contributed by atoms with E-state index in [0.29, 0.717) is 5.92 Å². The first-order valence-corrected chi connectivity index (χ1v) is 6.38. The van der Waals surface area contributed by atoms with Crippen LogP contribution >= 0.6 is 0 Å². The molecular weight excluding hydrogens is 212 g/mol. The molecule has 3 rings (SSSR count). The Balaban J connectivity index is 1.85. The molecule has 0 bridgehead atoms. The SMILES string of the molecule is Cn1cccc1-c1n[nH]c(C2CCCCC2)n1. The summed E-state index contributed by atoms with van der Waals surface area (Å²) in [7, 11) is 2.02. The lowest BCUT2D eigenvalue weighted by Gasteiger charge is -2.18. The van der Waals surface area contributed by atoms with Crippen molar-refractivity contribution in [3.63, 3.8) is 0 Å². The average molecular weight is 230 g/mol. The van der Waals surface area contributed by atoms with Gasteiger partial charge in [0.1, 0.15) is 5.82 Å². The third-order valence-electron chi connectivity index (χ3n) is 3.67. The summed E-state index contributed by atoms with van der Waals surface area (Å²) in [5, 5.41) is 7.45. The summed E-state index contributed by atoms with van der Waals surface area (Å²) in [6, 6.07) is 4.07. The normalized spacial score (nSPS) is 17.5. The number of nitrogens with zero attached hydrogens (tertiary/aromatic N) is 3. The van der Waals surface area contributed by atoms with Crippen molar-refractivity contribution >= 4 is 0 Å². The smallest absolute Gasteiger partial charge is 0.197 e. The molecule has 1 aliphatic rings. The van der Waals surface area contributed by atoms with Crippen molar-refractivity contribution in [3.05, 3.63) is 24.2 Å². The fourth-order valence-corrected chi connectivity index (χ4v) is 2.64. The topological polar surface area (TPSA) is 46.5 Å². The van der Waals surface area contributed by atoms with Crippen molar-refractivity contribution in [3.8, 4) is 11.5 Å². The largest absolute Gasteiger partial charge is 0.348 e. The summed E-state index contributed by atoms with van der Waals surface area (Å²) in [5.74, 6) is 2.48. The molecule has 4 heteroatoms. The zero-order valence-electron chi connectivity index (χ0n) is 10.2. The number of aryl methyl sites for hydroxylation is 1. The third-order valence-corrected chi connectivity index (χ3v) is 3.67. The summed E-state index contributed by atoms with van der Waals surface area (Å²) in [6.45, 7) is 0. The molecule has 1 fully saturated rings. The minimum atomic E-state index is 0.588. The molecule has 0 radical (unpaired) electrons. The van der Waals surface area contributed by atoms with E-state index < -0.39 is 0 Å². The van der Waals surface area contributed by atoms with Gasteiger partial charge in [0.15, 0.2) is 5.82 Å².